The molecule has 2 aliphatic rings. The van der Waals surface area contributed by atoms with E-state index in [1.807, 2.05) is 0 Å². The molecule has 1 aliphatic heterocycles. The van der Waals surface area contributed by atoms with Crippen LogP contribution in [-0.2, 0) is 9.47 Å². The van der Waals surface area contributed by atoms with E-state index >= 15 is 0 Å². The van der Waals surface area contributed by atoms with E-state index < -0.39 is 0 Å². The van der Waals surface area contributed by atoms with E-state index in [0.717, 1.165) is 25.5 Å². The molecular formula is C11H21NO2. The number of hydrogen-bond donors (Lipinski definition) is 0. The maximum absolute atomic E-state index is 5.59. The van der Waals surface area contributed by atoms with E-state index in [2.05, 4.69) is 11.8 Å². The van der Waals surface area contributed by atoms with Gasteiger partial charge in [-0.3, -0.25) is 4.90 Å². The molecule has 3 heteroatoms. The van der Waals surface area contributed by atoms with Gasteiger partial charge < -0.3 is 9.47 Å². The summed E-state index contributed by atoms with van der Waals surface area (Å²) in [5.41, 5.74) is 0. The molecule has 0 aromatic carbocycles. The zero-order valence-corrected chi connectivity index (χ0v) is 9.24. The minimum atomic E-state index is 0.00852. The maximum atomic E-state index is 5.59. The van der Waals surface area contributed by atoms with Crippen LogP contribution in [0, 0.1) is 5.92 Å². The highest BCUT2D eigenvalue weighted by Gasteiger charge is 2.29. The molecule has 0 bridgehead atoms. The van der Waals surface area contributed by atoms with Gasteiger partial charge in [-0.1, -0.05) is 0 Å². The summed E-state index contributed by atoms with van der Waals surface area (Å²) in [6.45, 7) is 5.43. The minimum Gasteiger partial charge on any atom is -0.356 e. The molecule has 1 aliphatic carbocycles. The molecule has 14 heavy (non-hydrogen) atoms. The third kappa shape index (κ3) is 2.69. The molecule has 0 N–H and O–H groups in total. The summed E-state index contributed by atoms with van der Waals surface area (Å²) in [6.07, 6.45) is 3.87. The van der Waals surface area contributed by atoms with Gasteiger partial charge in [-0.05, 0) is 25.7 Å². The Morgan fingerprint density at radius 3 is 2.86 bits per heavy atom. The van der Waals surface area contributed by atoms with Gasteiger partial charge in [0.25, 0.3) is 0 Å². The van der Waals surface area contributed by atoms with Crippen LogP contribution >= 0.6 is 0 Å². The van der Waals surface area contributed by atoms with Crippen LogP contribution in [0.3, 0.4) is 0 Å². The van der Waals surface area contributed by atoms with Gasteiger partial charge >= 0.3 is 0 Å². The van der Waals surface area contributed by atoms with Crippen molar-refractivity contribution in [2.45, 2.75) is 38.5 Å². The summed E-state index contributed by atoms with van der Waals surface area (Å²) in [5.74, 6) is 0.969. The van der Waals surface area contributed by atoms with Crippen molar-refractivity contribution in [1.82, 2.24) is 4.90 Å². The van der Waals surface area contributed by atoms with E-state index in [9.17, 15) is 0 Å². The zero-order valence-electron chi connectivity index (χ0n) is 9.24. The molecule has 1 saturated carbocycles. The largest absolute Gasteiger partial charge is 0.356 e. The molecule has 2 rings (SSSR count). The first-order valence-corrected chi connectivity index (χ1v) is 5.68. The van der Waals surface area contributed by atoms with Crippen LogP contribution in [0.4, 0.5) is 0 Å². The molecule has 82 valence electrons. The van der Waals surface area contributed by atoms with Gasteiger partial charge in [0.1, 0.15) is 0 Å². The first-order chi connectivity index (χ1) is 6.79. The van der Waals surface area contributed by atoms with Crippen LogP contribution in [0.15, 0.2) is 0 Å². The lowest BCUT2D eigenvalue weighted by atomic mass is 10.2. The quantitative estimate of drug-likeness (QED) is 0.687. The van der Waals surface area contributed by atoms with Crippen molar-refractivity contribution in [3.8, 4) is 0 Å². The van der Waals surface area contributed by atoms with Gasteiger partial charge in [0, 0.05) is 32.7 Å². The molecule has 0 radical (unpaired) electrons. The summed E-state index contributed by atoms with van der Waals surface area (Å²) < 4.78 is 10.9. The smallest absolute Gasteiger partial charge is 0.158 e. The van der Waals surface area contributed by atoms with Gasteiger partial charge in [-0.15, -0.1) is 0 Å². The van der Waals surface area contributed by atoms with E-state index in [0.29, 0.717) is 6.04 Å². The maximum Gasteiger partial charge on any atom is 0.158 e. The summed E-state index contributed by atoms with van der Waals surface area (Å²) in [5, 5.41) is 0. The highest BCUT2D eigenvalue weighted by molar-refractivity contribution is 4.81. The molecule has 2 fully saturated rings. The van der Waals surface area contributed by atoms with Crippen molar-refractivity contribution in [3.05, 3.63) is 0 Å². The lowest BCUT2D eigenvalue weighted by Gasteiger charge is -2.26. The fraction of sp³-hybridized carbons (Fsp3) is 1.00. The van der Waals surface area contributed by atoms with Crippen molar-refractivity contribution in [1.29, 1.82) is 0 Å². The molecule has 2 atom stereocenters. The summed E-state index contributed by atoms with van der Waals surface area (Å²) in [6, 6.07) is 0.600. The van der Waals surface area contributed by atoms with Gasteiger partial charge in [0.2, 0.25) is 0 Å². The van der Waals surface area contributed by atoms with E-state index in [1.54, 1.807) is 7.11 Å². The first kappa shape index (κ1) is 10.4. The van der Waals surface area contributed by atoms with Crippen LogP contribution in [0.5, 0.6) is 0 Å². The summed E-state index contributed by atoms with van der Waals surface area (Å²) in [7, 11) is 1.73. The number of nitrogens with zero attached hydrogens (tertiary/aromatic N) is 1. The Kier molecular flexibility index (Phi) is 3.42. The summed E-state index contributed by atoms with van der Waals surface area (Å²) in [4.78, 5) is 2.55. The Morgan fingerprint density at radius 2 is 2.21 bits per heavy atom. The van der Waals surface area contributed by atoms with Crippen LogP contribution in [0.25, 0.3) is 0 Å². The molecule has 1 heterocycles. The third-order valence-electron chi connectivity index (χ3n) is 3.29. The highest BCUT2D eigenvalue weighted by Crippen LogP contribution is 2.31. The zero-order chi connectivity index (χ0) is 9.97. The Labute approximate surface area is 86.4 Å². The van der Waals surface area contributed by atoms with Gasteiger partial charge in [0.15, 0.2) is 6.29 Å². The third-order valence-corrected chi connectivity index (χ3v) is 3.29. The molecule has 0 spiro atoms. The number of hydrogen-bond acceptors (Lipinski definition) is 3. The van der Waals surface area contributed by atoms with Crippen LogP contribution in [0.2, 0.25) is 0 Å². The number of methoxy groups -OCH3 is 1. The van der Waals surface area contributed by atoms with Gasteiger partial charge in [-0.2, -0.15) is 0 Å². The topological polar surface area (TPSA) is 21.7 Å². The van der Waals surface area contributed by atoms with E-state index in [-0.39, 0.29) is 6.29 Å². The van der Waals surface area contributed by atoms with Crippen molar-refractivity contribution in [2.75, 3.05) is 26.8 Å². The molecule has 0 aromatic rings. The normalized spacial score (nSPS) is 35.6. The molecule has 0 aromatic heterocycles. The monoisotopic (exact) mass is 199 g/mol. The fourth-order valence-corrected chi connectivity index (χ4v) is 2.08. The Morgan fingerprint density at radius 1 is 1.43 bits per heavy atom. The second-order valence-electron chi connectivity index (χ2n) is 4.56. The Hall–Kier alpha value is -0.120. The Bertz CT molecular complexity index is 182. The number of rotatable bonds is 3. The van der Waals surface area contributed by atoms with Gasteiger partial charge in [-0.25, -0.2) is 0 Å². The molecule has 0 amide bonds. The predicted octanol–water partition coefficient (Wildman–Crippen LogP) is 1.48. The van der Waals surface area contributed by atoms with Crippen molar-refractivity contribution in [2.24, 2.45) is 5.92 Å². The SMILES string of the molecule is CO[C@H]1CC(C)N(CC2CC2)CCO1. The summed E-state index contributed by atoms with van der Waals surface area (Å²) >= 11 is 0. The lowest BCUT2D eigenvalue weighted by molar-refractivity contribution is -0.120. The highest BCUT2D eigenvalue weighted by atomic mass is 16.7. The van der Waals surface area contributed by atoms with Crippen LogP contribution in [0.1, 0.15) is 26.2 Å². The van der Waals surface area contributed by atoms with Crippen molar-refractivity contribution in [3.63, 3.8) is 0 Å². The van der Waals surface area contributed by atoms with Crippen molar-refractivity contribution < 1.29 is 9.47 Å². The van der Waals surface area contributed by atoms with Crippen molar-refractivity contribution >= 4 is 0 Å². The second kappa shape index (κ2) is 4.60. The second-order valence-corrected chi connectivity index (χ2v) is 4.56. The standard InChI is InChI=1S/C11H21NO2/c1-9-7-11(13-2)14-6-5-12(9)8-10-3-4-10/h9-11H,3-8H2,1-2H3/t9?,11-/m1/s1. The molecule has 3 nitrogen and oxygen atoms in total. The average molecular weight is 199 g/mol. The minimum absolute atomic E-state index is 0.00852. The Balaban J connectivity index is 1.83. The first-order valence-electron chi connectivity index (χ1n) is 5.68. The molecular weight excluding hydrogens is 178 g/mol. The van der Waals surface area contributed by atoms with E-state index in [4.69, 9.17) is 9.47 Å². The predicted molar refractivity (Wildman–Crippen MR) is 55.1 cm³/mol. The van der Waals surface area contributed by atoms with Crippen LogP contribution < -0.4 is 0 Å². The fourth-order valence-electron chi connectivity index (χ4n) is 2.08. The van der Waals surface area contributed by atoms with E-state index in [1.165, 1.54) is 19.4 Å². The molecule has 1 saturated heterocycles. The lowest BCUT2D eigenvalue weighted by Crippen LogP contribution is -2.36. The average Bonchev–Trinajstić information content (AvgIpc) is 2.97. The number of ether oxygens (including phenoxy) is 2. The van der Waals surface area contributed by atoms with Gasteiger partial charge in [0.05, 0.1) is 6.61 Å². The molecule has 1 unspecified atom stereocenters. The van der Waals surface area contributed by atoms with Crippen LogP contribution in [-0.4, -0.2) is 44.0 Å².